The van der Waals surface area contributed by atoms with Crippen LogP contribution in [0.1, 0.15) is 11.6 Å². The Balaban J connectivity index is 1.57. The molecule has 2 aromatic rings. The van der Waals surface area contributed by atoms with E-state index in [1.807, 2.05) is 37.3 Å². The summed E-state index contributed by atoms with van der Waals surface area (Å²) in [5.41, 5.74) is 0. The molecule has 1 aliphatic heterocycles. The summed E-state index contributed by atoms with van der Waals surface area (Å²) in [5, 5.41) is 8.29. The molecule has 0 fully saturated rings. The fourth-order valence-corrected chi connectivity index (χ4v) is 3.57. The van der Waals surface area contributed by atoms with Crippen LogP contribution in [0.4, 0.5) is 0 Å². The first kappa shape index (κ1) is 13.5. The van der Waals surface area contributed by atoms with Crippen molar-refractivity contribution in [2.75, 3.05) is 18.8 Å². The average Bonchev–Trinajstić information content (AvgIpc) is 2.87. The van der Waals surface area contributed by atoms with E-state index in [9.17, 15) is 4.21 Å². The maximum Gasteiger partial charge on any atom is 0.147 e. The van der Waals surface area contributed by atoms with Gasteiger partial charge >= 0.3 is 0 Å². The number of nitrogens with zero attached hydrogens (tertiary/aromatic N) is 4. The third-order valence-electron chi connectivity index (χ3n) is 3.62. The first-order chi connectivity index (χ1) is 9.74. The van der Waals surface area contributed by atoms with Crippen LogP contribution in [0.5, 0.6) is 0 Å². The van der Waals surface area contributed by atoms with E-state index in [0.717, 1.165) is 42.7 Å². The predicted molar refractivity (Wildman–Crippen MR) is 77.8 cm³/mol. The summed E-state index contributed by atoms with van der Waals surface area (Å²) in [5.74, 6) is 2.66. The van der Waals surface area contributed by atoms with Crippen LogP contribution in [0.15, 0.2) is 35.2 Å². The van der Waals surface area contributed by atoms with Gasteiger partial charge in [-0.2, -0.15) is 0 Å². The van der Waals surface area contributed by atoms with Crippen LogP contribution in [0.25, 0.3) is 0 Å². The molecule has 0 saturated carbocycles. The Bertz CT molecular complexity index is 611. The third-order valence-corrected chi connectivity index (χ3v) is 4.97. The minimum absolute atomic E-state index is 0.664. The Morgan fingerprint density at radius 3 is 2.80 bits per heavy atom. The van der Waals surface area contributed by atoms with Gasteiger partial charge in [0, 0.05) is 30.3 Å². The second kappa shape index (κ2) is 5.85. The van der Waals surface area contributed by atoms with Crippen LogP contribution >= 0.6 is 0 Å². The Morgan fingerprint density at radius 2 is 2.00 bits per heavy atom. The molecule has 2 heterocycles. The van der Waals surface area contributed by atoms with Gasteiger partial charge in [-0.05, 0) is 19.1 Å². The van der Waals surface area contributed by atoms with Gasteiger partial charge in [0.1, 0.15) is 11.6 Å². The highest BCUT2D eigenvalue weighted by atomic mass is 32.2. The number of hydrogen-bond donors (Lipinski definition) is 0. The number of hydrogen-bond acceptors (Lipinski definition) is 4. The number of aromatic nitrogens is 3. The van der Waals surface area contributed by atoms with E-state index in [0.29, 0.717) is 5.75 Å². The lowest BCUT2D eigenvalue weighted by molar-refractivity contribution is 0.228. The molecule has 3 rings (SSSR count). The van der Waals surface area contributed by atoms with Crippen LogP contribution in [-0.2, 0) is 23.9 Å². The van der Waals surface area contributed by atoms with Gasteiger partial charge in [0.15, 0.2) is 0 Å². The molecule has 1 aromatic carbocycles. The van der Waals surface area contributed by atoms with Crippen molar-refractivity contribution in [3.8, 4) is 0 Å². The van der Waals surface area contributed by atoms with Crippen molar-refractivity contribution in [1.82, 2.24) is 19.7 Å². The van der Waals surface area contributed by atoms with Crippen LogP contribution in [0.3, 0.4) is 0 Å². The van der Waals surface area contributed by atoms with E-state index < -0.39 is 10.8 Å². The monoisotopic (exact) mass is 290 g/mol. The number of aryl methyl sites for hydroxylation is 1. The van der Waals surface area contributed by atoms with Gasteiger partial charge in [-0.1, -0.05) is 18.2 Å². The van der Waals surface area contributed by atoms with Crippen molar-refractivity contribution < 1.29 is 4.21 Å². The predicted octanol–water partition coefficient (Wildman–Crippen LogP) is 1.21. The van der Waals surface area contributed by atoms with Gasteiger partial charge in [-0.25, -0.2) is 0 Å². The molecule has 6 heteroatoms. The van der Waals surface area contributed by atoms with Gasteiger partial charge < -0.3 is 4.57 Å². The first-order valence-electron chi connectivity index (χ1n) is 6.78. The normalized spacial score (nSPS) is 16.9. The Morgan fingerprint density at radius 1 is 1.20 bits per heavy atom. The van der Waals surface area contributed by atoms with Crippen molar-refractivity contribution in [2.45, 2.75) is 24.9 Å². The van der Waals surface area contributed by atoms with Crippen LogP contribution in [0.2, 0.25) is 0 Å². The van der Waals surface area contributed by atoms with Crippen molar-refractivity contribution in [3.63, 3.8) is 0 Å². The molecule has 0 bridgehead atoms. The number of fused-ring (bicyclic) bond motifs is 1. The highest BCUT2D eigenvalue weighted by molar-refractivity contribution is 7.85. The fraction of sp³-hybridized carbons (Fsp3) is 0.429. The van der Waals surface area contributed by atoms with Gasteiger partial charge in [0.25, 0.3) is 0 Å². The second-order valence-electron chi connectivity index (χ2n) is 4.95. The lowest BCUT2D eigenvalue weighted by Gasteiger charge is -2.27. The quantitative estimate of drug-likeness (QED) is 0.849. The Kier molecular flexibility index (Phi) is 3.93. The summed E-state index contributed by atoms with van der Waals surface area (Å²) >= 11 is 0. The molecule has 0 saturated heterocycles. The molecule has 1 aromatic heterocycles. The lowest BCUT2D eigenvalue weighted by Crippen LogP contribution is -2.36. The maximum absolute atomic E-state index is 12.2. The topological polar surface area (TPSA) is 51.0 Å². The van der Waals surface area contributed by atoms with Crippen LogP contribution in [-0.4, -0.2) is 42.7 Å². The lowest BCUT2D eigenvalue weighted by atomic mass is 10.3. The summed E-state index contributed by atoms with van der Waals surface area (Å²) in [7, 11) is -0.922. The minimum atomic E-state index is -0.922. The molecular weight excluding hydrogens is 272 g/mol. The molecule has 0 aliphatic carbocycles. The van der Waals surface area contributed by atoms with E-state index in [-0.39, 0.29) is 0 Å². The van der Waals surface area contributed by atoms with Crippen molar-refractivity contribution in [1.29, 1.82) is 0 Å². The van der Waals surface area contributed by atoms with Crippen molar-refractivity contribution >= 4 is 10.8 Å². The maximum atomic E-state index is 12.2. The molecule has 20 heavy (non-hydrogen) atoms. The smallest absolute Gasteiger partial charge is 0.147 e. The molecule has 0 spiro atoms. The molecule has 5 nitrogen and oxygen atoms in total. The van der Waals surface area contributed by atoms with E-state index in [1.54, 1.807) is 0 Å². The molecule has 106 valence electrons. The molecular formula is C14H18N4OS. The highest BCUT2D eigenvalue weighted by Gasteiger charge is 2.19. The summed E-state index contributed by atoms with van der Waals surface area (Å²) in [6.07, 6.45) is 0. The Labute approximate surface area is 121 Å². The Hall–Kier alpha value is -1.53. The highest BCUT2D eigenvalue weighted by Crippen LogP contribution is 2.12. The molecule has 1 unspecified atom stereocenters. The van der Waals surface area contributed by atoms with E-state index >= 15 is 0 Å². The van der Waals surface area contributed by atoms with Crippen molar-refractivity contribution in [2.24, 2.45) is 0 Å². The van der Waals surface area contributed by atoms with Crippen LogP contribution < -0.4 is 0 Å². The minimum Gasteiger partial charge on any atom is -0.313 e. The van der Waals surface area contributed by atoms with Gasteiger partial charge in [0.2, 0.25) is 0 Å². The molecule has 1 aliphatic rings. The number of benzene rings is 1. The summed E-state index contributed by atoms with van der Waals surface area (Å²) in [6, 6.07) is 9.65. The van der Waals surface area contributed by atoms with E-state index in [2.05, 4.69) is 19.7 Å². The fourth-order valence-electron chi connectivity index (χ4n) is 2.45. The zero-order chi connectivity index (χ0) is 13.9. The largest absolute Gasteiger partial charge is 0.313 e. The van der Waals surface area contributed by atoms with Crippen LogP contribution in [0, 0.1) is 6.92 Å². The summed E-state index contributed by atoms with van der Waals surface area (Å²) in [6.45, 7) is 5.50. The molecule has 0 radical (unpaired) electrons. The van der Waals surface area contributed by atoms with Gasteiger partial charge in [0.05, 0.1) is 17.3 Å². The zero-order valence-electron chi connectivity index (χ0n) is 11.5. The summed E-state index contributed by atoms with van der Waals surface area (Å²) in [4.78, 5) is 3.20. The summed E-state index contributed by atoms with van der Waals surface area (Å²) < 4.78 is 14.3. The molecule has 1 atom stereocenters. The standard InChI is InChI=1S/C14H18N4OS/c1-12-15-16-14-11-17(7-8-18(12)14)9-10-20(19)13-5-3-2-4-6-13/h2-6H,7-11H2,1H3. The number of rotatable bonds is 4. The third kappa shape index (κ3) is 2.81. The zero-order valence-corrected chi connectivity index (χ0v) is 12.3. The second-order valence-corrected chi connectivity index (χ2v) is 6.52. The van der Waals surface area contributed by atoms with Gasteiger partial charge in [-0.15, -0.1) is 10.2 Å². The SMILES string of the molecule is Cc1nnc2n1CCN(CCS(=O)c1ccccc1)C2. The van der Waals surface area contributed by atoms with Crippen molar-refractivity contribution in [3.05, 3.63) is 42.0 Å². The first-order valence-corrected chi connectivity index (χ1v) is 8.10. The van der Waals surface area contributed by atoms with E-state index in [4.69, 9.17) is 0 Å². The molecule has 0 N–H and O–H groups in total. The average molecular weight is 290 g/mol. The van der Waals surface area contributed by atoms with Gasteiger partial charge in [-0.3, -0.25) is 9.11 Å². The van der Waals surface area contributed by atoms with E-state index in [1.165, 1.54) is 0 Å². The molecule has 0 amide bonds.